The molecule has 0 amide bonds. The van der Waals surface area contributed by atoms with E-state index in [0.717, 1.165) is 17.8 Å². The van der Waals surface area contributed by atoms with Crippen molar-refractivity contribution >= 4 is 0 Å². The molecule has 0 radical (unpaired) electrons. The Morgan fingerprint density at radius 3 is 2.31 bits per heavy atom. The first kappa shape index (κ1) is 14.1. The van der Waals surface area contributed by atoms with Crippen LogP contribution in [0.25, 0.3) is 0 Å². The zero-order valence-electron chi connectivity index (χ0n) is 12.2. The molecule has 0 spiro atoms. The van der Waals surface area contributed by atoms with Crippen molar-refractivity contribution < 1.29 is 0 Å². The van der Waals surface area contributed by atoms with Crippen LogP contribution in [0.2, 0.25) is 0 Å². The summed E-state index contributed by atoms with van der Waals surface area (Å²) < 4.78 is 0. The van der Waals surface area contributed by atoms with Gasteiger partial charge in [-0.25, -0.2) is 0 Å². The average molecular weight is 224 g/mol. The molecule has 1 aliphatic carbocycles. The molecule has 96 valence electrons. The molecular formula is C16H32. The van der Waals surface area contributed by atoms with Gasteiger partial charge in [-0.2, -0.15) is 0 Å². The zero-order valence-corrected chi connectivity index (χ0v) is 12.2. The third-order valence-corrected chi connectivity index (χ3v) is 5.55. The van der Waals surface area contributed by atoms with Gasteiger partial charge in [-0.1, -0.05) is 73.1 Å². The first-order valence-electron chi connectivity index (χ1n) is 7.56. The van der Waals surface area contributed by atoms with E-state index in [4.69, 9.17) is 0 Å². The van der Waals surface area contributed by atoms with Crippen LogP contribution < -0.4 is 0 Å². The highest BCUT2D eigenvalue weighted by atomic mass is 14.6. The van der Waals surface area contributed by atoms with Crippen LogP contribution in [0.15, 0.2) is 0 Å². The van der Waals surface area contributed by atoms with Crippen LogP contribution in [-0.2, 0) is 0 Å². The smallest absolute Gasteiger partial charge is 0.0269 e. The van der Waals surface area contributed by atoms with Crippen LogP contribution in [-0.4, -0.2) is 0 Å². The van der Waals surface area contributed by atoms with Crippen molar-refractivity contribution in [2.75, 3.05) is 0 Å². The van der Waals surface area contributed by atoms with E-state index in [0.29, 0.717) is 5.41 Å². The molecule has 1 fully saturated rings. The van der Waals surface area contributed by atoms with Crippen molar-refractivity contribution in [1.29, 1.82) is 0 Å². The summed E-state index contributed by atoms with van der Waals surface area (Å²) in [6.45, 7) is 12.0. The van der Waals surface area contributed by atoms with Gasteiger partial charge in [0.2, 0.25) is 0 Å². The van der Waals surface area contributed by atoms with Gasteiger partial charge in [0, 0.05) is 0 Å². The SMILES string of the molecule is CCC(C)CCCCCC1C(C)C1(C)CC. The molecule has 0 aromatic heterocycles. The second-order valence-electron chi connectivity index (χ2n) is 6.41. The van der Waals surface area contributed by atoms with E-state index in [9.17, 15) is 0 Å². The van der Waals surface area contributed by atoms with E-state index in [1.807, 2.05) is 0 Å². The first-order valence-corrected chi connectivity index (χ1v) is 7.56. The molecule has 0 nitrogen and oxygen atoms in total. The molecule has 0 saturated heterocycles. The van der Waals surface area contributed by atoms with Gasteiger partial charge in [0.05, 0.1) is 0 Å². The third kappa shape index (κ3) is 3.25. The van der Waals surface area contributed by atoms with Gasteiger partial charge >= 0.3 is 0 Å². The molecule has 4 atom stereocenters. The summed E-state index contributed by atoms with van der Waals surface area (Å²) in [5.41, 5.74) is 0.705. The fourth-order valence-electron chi connectivity index (χ4n) is 3.31. The van der Waals surface area contributed by atoms with E-state index >= 15 is 0 Å². The van der Waals surface area contributed by atoms with Gasteiger partial charge in [0.15, 0.2) is 0 Å². The van der Waals surface area contributed by atoms with Crippen molar-refractivity contribution in [1.82, 2.24) is 0 Å². The molecule has 16 heavy (non-hydrogen) atoms. The van der Waals surface area contributed by atoms with Crippen molar-refractivity contribution in [3.63, 3.8) is 0 Å². The summed E-state index contributed by atoms with van der Waals surface area (Å²) in [6, 6.07) is 0. The lowest BCUT2D eigenvalue weighted by Gasteiger charge is -2.09. The minimum atomic E-state index is 0.705. The first-order chi connectivity index (χ1) is 7.56. The van der Waals surface area contributed by atoms with Crippen LogP contribution in [0.1, 0.15) is 79.6 Å². The lowest BCUT2D eigenvalue weighted by molar-refractivity contribution is 0.433. The number of rotatable bonds is 8. The standard InChI is InChI=1S/C16H32/c1-6-13(3)11-9-8-10-12-15-14(4)16(15,5)7-2/h13-15H,6-12H2,1-5H3. The summed E-state index contributed by atoms with van der Waals surface area (Å²) in [7, 11) is 0. The fourth-order valence-corrected chi connectivity index (χ4v) is 3.31. The summed E-state index contributed by atoms with van der Waals surface area (Å²) in [4.78, 5) is 0. The van der Waals surface area contributed by atoms with Gasteiger partial charge in [-0.05, 0) is 29.6 Å². The molecule has 4 unspecified atom stereocenters. The van der Waals surface area contributed by atoms with Crippen LogP contribution in [0, 0.1) is 23.2 Å². The van der Waals surface area contributed by atoms with Crippen molar-refractivity contribution in [2.45, 2.75) is 79.6 Å². The Bertz CT molecular complexity index is 196. The number of hydrogen-bond acceptors (Lipinski definition) is 0. The lowest BCUT2D eigenvalue weighted by Crippen LogP contribution is -1.96. The number of hydrogen-bond donors (Lipinski definition) is 0. The molecule has 0 aromatic rings. The zero-order chi connectivity index (χ0) is 12.2. The largest absolute Gasteiger partial charge is 0.0651 e. The third-order valence-electron chi connectivity index (χ3n) is 5.55. The molecule has 0 heterocycles. The average Bonchev–Trinajstić information content (AvgIpc) is 2.81. The Kier molecular flexibility index (Phi) is 5.34. The quantitative estimate of drug-likeness (QED) is 0.466. The maximum absolute atomic E-state index is 2.49. The highest BCUT2D eigenvalue weighted by molar-refractivity contribution is 5.03. The second kappa shape index (κ2) is 6.07. The minimum Gasteiger partial charge on any atom is -0.0651 e. The Labute approximate surface area is 103 Å². The Morgan fingerprint density at radius 1 is 1.12 bits per heavy atom. The molecular weight excluding hydrogens is 192 g/mol. The summed E-state index contributed by atoms with van der Waals surface area (Å²) in [5.74, 6) is 2.98. The van der Waals surface area contributed by atoms with E-state index in [-0.39, 0.29) is 0 Å². The van der Waals surface area contributed by atoms with Gasteiger partial charge < -0.3 is 0 Å². The number of unbranched alkanes of at least 4 members (excludes halogenated alkanes) is 2. The van der Waals surface area contributed by atoms with Crippen molar-refractivity contribution in [2.24, 2.45) is 23.2 Å². The van der Waals surface area contributed by atoms with Crippen LogP contribution in [0.5, 0.6) is 0 Å². The predicted molar refractivity (Wildman–Crippen MR) is 73.6 cm³/mol. The van der Waals surface area contributed by atoms with Gasteiger partial charge in [0.25, 0.3) is 0 Å². The normalized spacial score (nSPS) is 35.1. The molecule has 1 saturated carbocycles. The lowest BCUT2D eigenvalue weighted by atomic mass is 9.97. The van der Waals surface area contributed by atoms with E-state index in [1.54, 1.807) is 0 Å². The fraction of sp³-hybridized carbons (Fsp3) is 1.00. The van der Waals surface area contributed by atoms with Crippen LogP contribution in [0.4, 0.5) is 0 Å². The van der Waals surface area contributed by atoms with Crippen LogP contribution in [0.3, 0.4) is 0 Å². The second-order valence-corrected chi connectivity index (χ2v) is 6.41. The highest BCUT2D eigenvalue weighted by Crippen LogP contribution is 2.62. The van der Waals surface area contributed by atoms with Gasteiger partial charge in [-0.3, -0.25) is 0 Å². The Morgan fingerprint density at radius 2 is 1.81 bits per heavy atom. The predicted octanol–water partition coefficient (Wildman–Crippen LogP) is 5.67. The van der Waals surface area contributed by atoms with E-state index < -0.39 is 0 Å². The maximum atomic E-state index is 2.49. The summed E-state index contributed by atoms with van der Waals surface area (Å²) in [6.07, 6.45) is 10.1. The monoisotopic (exact) mass is 224 g/mol. The molecule has 1 aliphatic rings. The molecule has 0 heteroatoms. The van der Waals surface area contributed by atoms with E-state index in [1.165, 1.54) is 44.9 Å². The molecule has 0 aliphatic heterocycles. The van der Waals surface area contributed by atoms with Crippen molar-refractivity contribution in [3.8, 4) is 0 Å². The van der Waals surface area contributed by atoms with Crippen LogP contribution >= 0.6 is 0 Å². The highest BCUT2D eigenvalue weighted by Gasteiger charge is 2.55. The Balaban J connectivity index is 2.01. The Hall–Kier alpha value is 0. The summed E-state index contributed by atoms with van der Waals surface area (Å²) >= 11 is 0. The maximum Gasteiger partial charge on any atom is -0.0269 e. The van der Waals surface area contributed by atoms with Gasteiger partial charge in [-0.15, -0.1) is 0 Å². The molecule has 0 bridgehead atoms. The molecule has 0 N–H and O–H groups in total. The summed E-state index contributed by atoms with van der Waals surface area (Å²) in [5, 5.41) is 0. The van der Waals surface area contributed by atoms with Crippen molar-refractivity contribution in [3.05, 3.63) is 0 Å². The minimum absolute atomic E-state index is 0.705. The molecule has 0 aromatic carbocycles. The van der Waals surface area contributed by atoms with E-state index in [2.05, 4.69) is 34.6 Å². The molecule has 1 rings (SSSR count). The topological polar surface area (TPSA) is 0 Å². The van der Waals surface area contributed by atoms with Gasteiger partial charge in [0.1, 0.15) is 0 Å².